The first-order valence-corrected chi connectivity index (χ1v) is 4.70. The smallest absolute Gasteiger partial charge is 0.280 e. The van der Waals surface area contributed by atoms with Gasteiger partial charge in [-0.25, -0.2) is 4.98 Å². The van der Waals surface area contributed by atoms with Crippen molar-refractivity contribution >= 4 is 23.4 Å². The van der Waals surface area contributed by atoms with Crippen molar-refractivity contribution in [2.75, 3.05) is 13.7 Å². The number of pyridine rings is 1. The number of amides is 2. The monoisotopic (exact) mass is 243 g/mol. The van der Waals surface area contributed by atoms with Crippen LogP contribution in [0, 0.1) is 0 Å². The summed E-state index contributed by atoms with van der Waals surface area (Å²) in [6.45, 7) is -0.283. The number of hydrogen-bond acceptors (Lipinski definition) is 5. The molecule has 1 heterocycles. The Kier molecular flexibility index (Phi) is 4.21. The van der Waals surface area contributed by atoms with Gasteiger partial charge in [0.25, 0.3) is 5.91 Å². The average molecular weight is 244 g/mol. The summed E-state index contributed by atoms with van der Waals surface area (Å²) in [5.74, 6) is -1.19. The van der Waals surface area contributed by atoms with Gasteiger partial charge in [0.2, 0.25) is 5.91 Å². The maximum atomic E-state index is 11.6. The second kappa shape index (κ2) is 5.43. The molecule has 16 heavy (non-hydrogen) atoms. The zero-order chi connectivity index (χ0) is 12.1. The molecule has 3 N–H and O–H groups in total. The number of methoxy groups -OCH3 is 1. The highest BCUT2D eigenvalue weighted by atomic mass is 35.5. The van der Waals surface area contributed by atoms with Gasteiger partial charge in [-0.15, -0.1) is 0 Å². The van der Waals surface area contributed by atoms with Crippen molar-refractivity contribution in [3.63, 3.8) is 0 Å². The van der Waals surface area contributed by atoms with Crippen LogP contribution in [0.25, 0.3) is 0 Å². The number of nitrogens with one attached hydrogen (secondary N) is 1. The second-order valence-electron chi connectivity index (χ2n) is 2.76. The van der Waals surface area contributed by atoms with Crippen molar-refractivity contribution in [2.24, 2.45) is 5.73 Å². The molecule has 0 aliphatic carbocycles. The van der Waals surface area contributed by atoms with Crippen LogP contribution in [0.4, 0.5) is 0 Å². The first kappa shape index (κ1) is 12.4. The fourth-order valence-corrected chi connectivity index (χ4v) is 1.24. The van der Waals surface area contributed by atoms with Crippen molar-refractivity contribution in [3.8, 4) is 5.75 Å². The van der Waals surface area contributed by atoms with E-state index in [1.165, 1.54) is 19.4 Å². The molecule has 2 amide bonds. The van der Waals surface area contributed by atoms with Crippen LogP contribution in [0.2, 0.25) is 5.02 Å². The lowest BCUT2D eigenvalue weighted by Gasteiger charge is -2.08. The molecular weight excluding hydrogens is 234 g/mol. The second-order valence-corrected chi connectivity index (χ2v) is 3.16. The Morgan fingerprint density at radius 2 is 2.31 bits per heavy atom. The van der Waals surface area contributed by atoms with Gasteiger partial charge in [0.05, 0.1) is 18.7 Å². The number of carbonyl (C=O) groups excluding carboxylic acids is 2. The number of carbonyl (C=O) groups is 2. The number of aromatic nitrogens is 1. The summed E-state index contributed by atoms with van der Waals surface area (Å²) >= 11 is 5.79. The van der Waals surface area contributed by atoms with Crippen LogP contribution in [0.3, 0.4) is 0 Å². The number of rotatable bonds is 3. The van der Waals surface area contributed by atoms with E-state index in [9.17, 15) is 9.59 Å². The Morgan fingerprint density at radius 3 is 2.88 bits per heavy atom. The third-order valence-electron chi connectivity index (χ3n) is 1.71. The van der Waals surface area contributed by atoms with E-state index in [1.54, 1.807) is 0 Å². The molecule has 0 atom stereocenters. The van der Waals surface area contributed by atoms with Gasteiger partial charge in [0.15, 0.2) is 11.4 Å². The lowest BCUT2D eigenvalue weighted by molar-refractivity contribution is -0.118. The van der Waals surface area contributed by atoms with Gasteiger partial charge in [0, 0.05) is 6.20 Å². The molecule has 6 nitrogen and oxygen atoms in total. The maximum Gasteiger partial charge on any atom is 0.280 e. The van der Waals surface area contributed by atoms with Gasteiger partial charge in [-0.3, -0.25) is 14.9 Å². The minimum atomic E-state index is -0.699. The highest BCUT2D eigenvalue weighted by Gasteiger charge is 2.18. The van der Waals surface area contributed by atoms with Gasteiger partial charge in [-0.2, -0.15) is 0 Å². The van der Waals surface area contributed by atoms with Crippen molar-refractivity contribution in [1.29, 1.82) is 0 Å². The molecule has 0 aliphatic rings. The van der Waals surface area contributed by atoms with E-state index < -0.39 is 11.8 Å². The molecule has 1 aromatic rings. The lowest BCUT2D eigenvalue weighted by atomic mass is 10.3. The van der Waals surface area contributed by atoms with Crippen LogP contribution in [0.5, 0.6) is 5.75 Å². The molecule has 0 fully saturated rings. The number of hydrogen-bond donors (Lipinski definition) is 2. The van der Waals surface area contributed by atoms with Crippen molar-refractivity contribution in [3.05, 3.63) is 23.0 Å². The minimum Gasteiger partial charge on any atom is -0.493 e. The maximum absolute atomic E-state index is 11.6. The molecule has 0 unspecified atom stereocenters. The van der Waals surface area contributed by atoms with Crippen molar-refractivity contribution in [1.82, 2.24) is 10.3 Å². The first-order chi connectivity index (χ1) is 7.60. The molecule has 7 heteroatoms. The number of halogens is 1. The van der Waals surface area contributed by atoms with Crippen molar-refractivity contribution < 1.29 is 14.3 Å². The number of ether oxygens (including phenoxy) is 1. The third kappa shape index (κ3) is 2.68. The standard InChI is InChI=1S/C9H10ClN3O3/c1-16-8-5(10)2-3-12-7(8)9(15)13-6(14)4-11/h2-3H,4,11H2,1H3,(H,13,14,15). The highest BCUT2D eigenvalue weighted by Crippen LogP contribution is 2.26. The van der Waals surface area contributed by atoms with Crippen LogP contribution < -0.4 is 15.8 Å². The van der Waals surface area contributed by atoms with E-state index >= 15 is 0 Å². The number of nitrogens with zero attached hydrogens (tertiary/aromatic N) is 1. The molecule has 0 aromatic carbocycles. The van der Waals surface area contributed by atoms with E-state index in [0.717, 1.165) is 0 Å². The fourth-order valence-electron chi connectivity index (χ4n) is 1.02. The zero-order valence-corrected chi connectivity index (χ0v) is 9.25. The predicted molar refractivity (Wildman–Crippen MR) is 57.3 cm³/mol. The molecule has 1 aromatic heterocycles. The minimum absolute atomic E-state index is 0.0585. The van der Waals surface area contributed by atoms with Gasteiger partial charge in [-0.05, 0) is 6.07 Å². The first-order valence-electron chi connectivity index (χ1n) is 4.33. The van der Waals surface area contributed by atoms with E-state index in [-0.39, 0.29) is 23.0 Å². The molecule has 0 saturated heterocycles. The summed E-state index contributed by atoms with van der Waals surface area (Å²) in [4.78, 5) is 26.3. The summed E-state index contributed by atoms with van der Waals surface area (Å²) in [6, 6.07) is 1.47. The summed E-state index contributed by atoms with van der Waals surface area (Å²) in [6.07, 6.45) is 1.34. The Morgan fingerprint density at radius 1 is 1.62 bits per heavy atom. The van der Waals surface area contributed by atoms with Crippen LogP contribution in [-0.4, -0.2) is 30.5 Å². The van der Waals surface area contributed by atoms with E-state index in [0.29, 0.717) is 0 Å². The predicted octanol–water partition coefficient (Wildman–Crippen LogP) is -0.0413. The van der Waals surface area contributed by atoms with Crippen LogP contribution in [-0.2, 0) is 4.79 Å². The summed E-state index contributed by atoms with van der Waals surface area (Å²) in [7, 11) is 1.35. The van der Waals surface area contributed by atoms with E-state index in [1.807, 2.05) is 5.32 Å². The molecule has 0 radical (unpaired) electrons. The Labute approximate surface area is 96.7 Å². The van der Waals surface area contributed by atoms with Crippen LogP contribution in [0.1, 0.15) is 10.5 Å². The van der Waals surface area contributed by atoms with Crippen molar-refractivity contribution in [2.45, 2.75) is 0 Å². The number of imide groups is 1. The number of nitrogens with two attached hydrogens (primary N) is 1. The van der Waals surface area contributed by atoms with Gasteiger partial charge in [0.1, 0.15) is 0 Å². The van der Waals surface area contributed by atoms with E-state index in [2.05, 4.69) is 4.98 Å². The third-order valence-corrected chi connectivity index (χ3v) is 2.01. The Bertz CT molecular complexity index is 422. The molecule has 0 spiro atoms. The topological polar surface area (TPSA) is 94.3 Å². The molecular formula is C9H10ClN3O3. The quantitative estimate of drug-likeness (QED) is 0.777. The largest absolute Gasteiger partial charge is 0.493 e. The molecule has 0 aliphatic heterocycles. The normalized spacial score (nSPS) is 9.69. The van der Waals surface area contributed by atoms with Crippen LogP contribution >= 0.6 is 11.6 Å². The van der Waals surface area contributed by atoms with Gasteiger partial charge < -0.3 is 10.5 Å². The summed E-state index contributed by atoms with van der Waals surface area (Å²) < 4.78 is 4.91. The molecule has 86 valence electrons. The highest BCUT2D eigenvalue weighted by molar-refractivity contribution is 6.32. The Balaban J connectivity index is 2.99. The Hall–Kier alpha value is -1.66. The SMILES string of the molecule is COc1c(Cl)ccnc1C(=O)NC(=O)CN. The average Bonchev–Trinajstić information content (AvgIpc) is 2.28. The van der Waals surface area contributed by atoms with Gasteiger partial charge in [-0.1, -0.05) is 11.6 Å². The summed E-state index contributed by atoms with van der Waals surface area (Å²) in [5, 5.41) is 2.28. The molecule has 0 saturated carbocycles. The molecule has 0 bridgehead atoms. The molecule has 1 rings (SSSR count). The zero-order valence-electron chi connectivity index (χ0n) is 8.49. The summed E-state index contributed by atoms with van der Waals surface area (Å²) in [5.41, 5.74) is 5.00. The van der Waals surface area contributed by atoms with Gasteiger partial charge >= 0.3 is 0 Å². The fraction of sp³-hybridized carbons (Fsp3) is 0.222. The van der Waals surface area contributed by atoms with Crippen LogP contribution in [0.15, 0.2) is 12.3 Å². The van der Waals surface area contributed by atoms with E-state index in [4.69, 9.17) is 22.1 Å². The lowest BCUT2D eigenvalue weighted by Crippen LogP contribution is -2.36.